The highest BCUT2D eigenvalue weighted by atomic mass is 19.4. The Morgan fingerprint density at radius 3 is 2.74 bits per heavy atom. The maximum absolute atomic E-state index is 12.4. The highest BCUT2D eigenvalue weighted by molar-refractivity contribution is 5.92. The molecule has 0 aliphatic heterocycles. The van der Waals surface area contributed by atoms with Gasteiger partial charge < -0.3 is 14.1 Å². The van der Waals surface area contributed by atoms with Crippen LogP contribution in [0.5, 0.6) is 5.88 Å². The van der Waals surface area contributed by atoms with E-state index in [1.807, 2.05) is 0 Å². The van der Waals surface area contributed by atoms with E-state index in [4.69, 9.17) is 4.42 Å². The van der Waals surface area contributed by atoms with Gasteiger partial charge in [-0.05, 0) is 19.1 Å². The Hall–Kier alpha value is -2.51. The number of rotatable bonds is 6. The monoisotopic (exact) mass is 328 g/mol. The molecule has 1 amide bonds. The number of nitrogens with zero attached hydrogens (tertiary/aromatic N) is 2. The number of amides is 1. The van der Waals surface area contributed by atoms with Crippen molar-refractivity contribution in [2.45, 2.75) is 19.6 Å². The highest BCUT2D eigenvalue weighted by Gasteiger charge is 2.28. The molecule has 0 bridgehead atoms. The summed E-state index contributed by atoms with van der Waals surface area (Å²) in [6.45, 7) is 1.08. The van der Waals surface area contributed by atoms with Gasteiger partial charge in [-0.3, -0.25) is 4.79 Å². The van der Waals surface area contributed by atoms with E-state index in [9.17, 15) is 18.0 Å². The predicted octanol–water partition coefficient (Wildman–Crippen LogP) is 3.28. The standard InChI is InChI=1S/C15H15F3N2O3/c1-2-20(8-11-6-7-22-9-11)14(21)12-4-3-5-13(19-12)23-10-15(16,17)18/h3-7,9H,2,8,10H2,1H3. The summed E-state index contributed by atoms with van der Waals surface area (Å²) in [5.41, 5.74) is 0.833. The second kappa shape index (κ2) is 7.17. The van der Waals surface area contributed by atoms with Crippen molar-refractivity contribution in [3.05, 3.63) is 48.0 Å². The van der Waals surface area contributed by atoms with Crippen molar-refractivity contribution in [2.24, 2.45) is 0 Å². The number of furan rings is 1. The lowest BCUT2D eigenvalue weighted by Crippen LogP contribution is -2.31. The Labute approximate surface area is 130 Å². The Bertz CT molecular complexity index is 642. The first-order valence-corrected chi connectivity index (χ1v) is 6.86. The summed E-state index contributed by atoms with van der Waals surface area (Å²) >= 11 is 0. The molecule has 0 saturated carbocycles. The van der Waals surface area contributed by atoms with Crippen molar-refractivity contribution < 1.29 is 27.1 Å². The molecule has 0 saturated heterocycles. The van der Waals surface area contributed by atoms with Crippen LogP contribution in [-0.4, -0.2) is 35.1 Å². The molecule has 0 atom stereocenters. The maximum atomic E-state index is 12.4. The molecule has 8 heteroatoms. The molecule has 5 nitrogen and oxygen atoms in total. The van der Waals surface area contributed by atoms with E-state index >= 15 is 0 Å². The van der Waals surface area contributed by atoms with Crippen LogP contribution in [0.15, 0.2) is 41.2 Å². The van der Waals surface area contributed by atoms with Gasteiger partial charge >= 0.3 is 6.18 Å². The fourth-order valence-corrected chi connectivity index (χ4v) is 1.86. The van der Waals surface area contributed by atoms with Crippen LogP contribution >= 0.6 is 0 Å². The zero-order valence-corrected chi connectivity index (χ0v) is 12.3. The summed E-state index contributed by atoms with van der Waals surface area (Å²) < 4.78 is 46.0. The molecule has 2 aromatic heterocycles. The first kappa shape index (κ1) is 16.9. The maximum Gasteiger partial charge on any atom is 0.422 e. The van der Waals surface area contributed by atoms with Crippen LogP contribution in [0.25, 0.3) is 0 Å². The van der Waals surface area contributed by atoms with Crippen LogP contribution in [0.2, 0.25) is 0 Å². The Kier molecular flexibility index (Phi) is 5.25. The van der Waals surface area contributed by atoms with Gasteiger partial charge in [0.25, 0.3) is 5.91 Å². The van der Waals surface area contributed by atoms with Crippen molar-refractivity contribution >= 4 is 5.91 Å². The molecular weight excluding hydrogens is 313 g/mol. The molecule has 2 aromatic rings. The number of hydrogen-bond donors (Lipinski definition) is 0. The first-order valence-electron chi connectivity index (χ1n) is 6.86. The second-order valence-corrected chi connectivity index (χ2v) is 4.72. The van der Waals surface area contributed by atoms with Crippen LogP contribution in [-0.2, 0) is 6.54 Å². The summed E-state index contributed by atoms with van der Waals surface area (Å²) in [4.78, 5) is 17.7. The zero-order chi connectivity index (χ0) is 16.9. The van der Waals surface area contributed by atoms with E-state index < -0.39 is 18.7 Å². The summed E-state index contributed by atoms with van der Waals surface area (Å²) in [5.74, 6) is -0.640. The van der Waals surface area contributed by atoms with Gasteiger partial charge in [0.2, 0.25) is 5.88 Å². The van der Waals surface area contributed by atoms with Gasteiger partial charge in [-0.1, -0.05) is 6.07 Å². The van der Waals surface area contributed by atoms with Gasteiger partial charge in [-0.25, -0.2) is 4.98 Å². The molecule has 0 unspecified atom stereocenters. The normalized spacial score (nSPS) is 11.3. The number of pyridine rings is 1. The Morgan fingerprint density at radius 1 is 1.35 bits per heavy atom. The molecule has 2 rings (SSSR count). The molecule has 0 radical (unpaired) electrons. The van der Waals surface area contributed by atoms with Crippen LogP contribution in [0, 0.1) is 0 Å². The molecule has 0 spiro atoms. The molecule has 2 heterocycles. The minimum absolute atomic E-state index is 0.0232. The molecule has 0 N–H and O–H groups in total. The number of carbonyl (C=O) groups is 1. The number of halogens is 3. The van der Waals surface area contributed by atoms with Crippen LogP contribution in [0.3, 0.4) is 0 Å². The van der Waals surface area contributed by atoms with Gasteiger partial charge in [0.1, 0.15) is 5.69 Å². The third-order valence-electron chi connectivity index (χ3n) is 2.95. The summed E-state index contributed by atoms with van der Waals surface area (Å²) in [7, 11) is 0. The second-order valence-electron chi connectivity index (χ2n) is 4.72. The lowest BCUT2D eigenvalue weighted by molar-refractivity contribution is -0.154. The van der Waals surface area contributed by atoms with Gasteiger partial charge in [0.15, 0.2) is 6.61 Å². The van der Waals surface area contributed by atoms with Crippen LogP contribution < -0.4 is 4.74 Å². The van der Waals surface area contributed by atoms with Crippen molar-refractivity contribution in [3.63, 3.8) is 0 Å². The Morgan fingerprint density at radius 2 is 2.13 bits per heavy atom. The predicted molar refractivity (Wildman–Crippen MR) is 74.9 cm³/mol. The van der Waals surface area contributed by atoms with E-state index in [0.717, 1.165) is 5.56 Å². The van der Waals surface area contributed by atoms with Gasteiger partial charge in [-0.15, -0.1) is 0 Å². The molecule has 0 aromatic carbocycles. The molecular formula is C15H15F3N2O3. The van der Waals surface area contributed by atoms with E-state index in [0.29, 0.717) is 13.1 Å². The lowest BCUT2D eigenvalue weighted by Gasteiger charge is -2.20. The van der Waals surface area contributed by atoms with Crippen molar-refractivity contribution in [1.29, 1.82) is 0 Å². The highest BCUT2D eigenvalue weighted by Crippen LogP contribution is 2.18. The zero-order valence-electron chi connectivity index (χ0n) is 12.3. The number of ether oxygens (including phenoxy) is 1. The van der Waals surface area contributed by atoms with E-state index in [1.54, 1.807) is 13.0 Å². The molecule has 124 valence electrons. The number of carbonyl (C=O) groups excluding carboxylic acids is 1. The average Bonchev–Trinajstić information content (AvgIpc) is 3.02. The topological polar surface area (TPSA) is 55.6 Å². The van der Waals surface area contributed by atoms with Crippen molar-refractivity contribution in [1.82, 2.24) is 9.88 Å². The number of hydrogen-bond acceptors (Lipinski definition) is 4. The average molecular weight is 328 g/mol. The van der Waals surface area contributed by atoms with E-state index in [2.05, 4.69) is 9.72 Å². The van der Waals surface area contributed by atoms with Gasteiger partial charge in [0.05, 0.1) is 12.5 Å². The number of aromatic nitrogens is 1. The van der Waals surface area contributed by atoms with Gasteiger partial charge in [0, 0.05) is 24.7 Å². The van der Waals surface area contributed by atoms with E-state index in [1.165, 1.54) is 35.6 Å². The molecule has 0 aliphatic carbocycles. The largest absolute Gasteiger partial charge is 0.472 e. The smallest absolute Gasteiger partial charge is 0.422 e. The van der Waals surface area contributed by atoms with Crippen LogP contribution in [0.1, 0.15) is 23.0 Å². The van der Waals surface area contributed by atoms with Crippen molar-refractivity contribution in [3.8, 4) is 5.88 Å². The van der Waals surface area contributed by atoms with E-state index in [-0.39, 0.29) is 11.6 Å². The third-order valence-corrected chi connectivity index (χ3v) is 2.95. The summed E-state index contributed by atoms with van der Waals surface area (Å²) in [6.07, 6.45) is -1.44. The molecule has 0 fully saturated rings. The van der Waals surface area contributed by atoms with Gasteiger partial charge in [-0.2, -0.15) is 13.2 Å². The fraction of sp³-hybridized carbons (Fsp3) is 0.333. The van der Waals surface area contributed by atoms with Crippen molar-refractivity contribution in [2.75, 3.05) is 13.2 Å². The Balaban J connectivity index is 2.08. The first-order chi connectivity index (χ1) is 10.9. The summed E-state index contributed by atoms with van der Waals surface area (Å²) in [6, 6.07) is 5.86. The fourth-order valence-electron chi connectivity index (χ4n) is 1.86. The SMILES string of the molecule is CCN(Cc1ccoc1)C(=O)c1cccc(OCC(F)(F)F)n1. The lowest BCUT2D eigenvalue weighted by atomic mass is 10.2. The molecule has 0 aliphatic rings. The minimum atomic E-state index is -4.46. The molecule has 23 heavy (non-hydrogen) atoms. The van der Waals surface area contributed by atoms with Crippen LogP contribution in [0.4, 0.5) is 13.2 Å². The summed E-state index contributed by atoms with van der Waals surface area (Å²) in [5, 5.41) is 0. The minimum Gasteiger partial charge on any atom is -0.472 e. The third kappa shape index (κ3) is 5.01. The quantitative estimate of drug-likeness (QED) is 0.816. The number of alkyl halides is 3.